The van der Waals surface area contributed by atoms with Gasteiger partial charge in [-0.3, -0.25) is 4.40 Å². The number of hydrogen-bond donors (Lipinski definition) is 1. The van der Waals surface area contributed by atoms with Crippen molar-refractivity contribution in [3.63, 3.8) is 0 Å². The molecule has 3 rings (SSSR count). The van der Waals surface area contributed by atoms with Gasteiger partial charge in [-0.2, -0.15) is 0 Å². The fourth-order valence-corrected chi connectivity index (χ4v) is 3.15. The maximum absolute atomic E-state index is 11.5. The minimum Gasteiger partial charge on any atom is -0.476 e. The van der Waals surface area contributed by atoms with Crippen LogP contribution in [0.3, 0.4) is 0 Å². The van der Waals surface area contributed by atoms with Gasteiger partial charge in [-0.25, -0.2) is 9.78 Å². The van der Waals surface area contributed by atoms with E-state index in [0.29, 0.717) is 22.3 Å². The van der Waals surface area contributed by atoms with Crippen LogP contribution in [0.2, 0.25) is 5.02 Å². The molecule has 0 atom stereocenters. The second-order valence-corrected chi connectivity index (χ2v) is 5.94. The first kappa shape index (κ1) is 13.9. The van der Waals surface area contributed by atoms with Crippen LogP contribution in [0.5, 0.6) is 0 Å². The van der Waals surface area contributed by atoms with E-state index in [1.54, 1.807) is 16.7 Å². The maximum Gasteiger partial charge on any atom is 0.356 e. The number of carboxylic acid groups (broad SMARTS) is 1. The first-order valence-electron chi connectivity index (χ1n) is 6.20. The number of aromatic nitrogens is 2. The fraction of sp³-hybridized carbons (Fsp3) is 0.143. The smallest absolute Gasteiger partial charge is 0.356 e. The van der Waals surface area contributed by atoms with Crippen LogP contribution < -0.4 is 4.90 Å². The molecule has 1 N–H and O–H groups in total. The summed E-state index contributed by atoms with van der Waals surface area (Å²) in [4.78, 5) is 18.4. The van der Waals surface area contributed by atoms with E-state index in [1.807, 2.05) is 35.5 Å². The summed E-state index contributed by atoms with van der Waals surface area (Å²) >= 11 is 7.38. The number of aromatic carboxylic acids is 1. The summed E-state index contributed by atoms with van der Waals surface area (Å²) in [5.41, 5.74) is 1.17. The van der Waals surface area contributed by atoms with E-state index in [2.05, 4.69) is 4.98 Å². The predicted octanol–water partition coefficient (Wildman–Crippen LogP) is 3.38. The first-order chi connectivity index (χ1) is 10.1. The van der Waals surface area contributed by atoms with Gasteiger partial charge in [0.2, 0.25) is 0 Å². The average Bonchev–Trinajstić information content (AvgIpc) is 2.97. The number of rotatable bonds is 4. The van der Waals surface area contributed by atoms with Gasteiger partial charge in [0.15, 0.2) is 16.5 Å². The van der Waals surface area contributed by atoms with Crippen LogP contribution in [0.25, 0.3) is 4.96 Å². The summed E-state index contributed by atoms with van der Waals surface area (Å²) in [6.45, 7) is 0.533. The number of halogens is 1. The zero-order valence-corrected chi connectivity index (χ0v) is 12.7. The summed E-state index contributed by atoms with van der Waals surface area (Å²) in [7, 11) is 1.82. The van der Waals surface area contributed by atoms with Gasteiger partial charge >= 0.3 is 5.97 Å². The van der Waals surface area contributed by atoms with Crippen molar-refractivity contribution in [2.75, 3.05) is 11.9 Å². The second kappa shape index (κ2) is 5.38. The number of thiazole rings is 1. The minimum absolute atomic E-state index is 0.177. The molecule has 2 heterocycles. The van der Waals surface area contributed by atoms with Crippen LogP contribution in [0.1, 0.15) is 16.1 Å². The van der Waals surface area contributed by atoms with E-state index < -0.39 is 5.97 Å². The molecule has 0 aliphatic heterocycles. The Bertz CT molecular complexity index is 812. The molecule has 2 aromatic heterocycles. The molecule has 0 radical (unpaired) electrons. The Hall–Kier alpha value is -2.05. The van der Waals surface area contributed by atoms with Crippen molar-refractivity contribution in [2.24, 2.45) is 0 Å². The number of imidazole rings is 1. The molecule has 0 fully saturated rings. The normalized spacial score (nSPS) is 11.0. The second-order valence-electron chi connectivity index (χ2n) is 4.63. The number of carbonyl (C=O) groups is 1. The number of hydrogen-bond acceptors (Lipinski definition) is 4. The molecule has 21 heavy (non-hydrogen) atoms. The third-order valence-electron chi connectivity index (χ3n) is 3.12. The lowest BCUT2D eigenvalue weighted by molar-refractivity contribution is 0.0690. The van der Waals surface area contributed by atoms with Gasteiger partial charge in [0.05, 0.1) is 0 Å². The summed E-state index contributed by atoms with van der Waals surface area (Å²) in [6, 6.07) is 7.48. The van der Waals surface area contributed by atoms with E-state index >= 15 is 0 Å². The number of anilines is 1. The van der Waals surface area contributed by atoms with E-state index in [-0.39, 0.29) is 5.69 Å². The van der Waals surface area contributed by atoms with Crippen molar-refractivity contribution in [3.05, 3.63) is 52.1 Å². The van der Waals surface area contributed by atoms with Crippen LogP contribution >= 0.6 is 22.9 Å². The lowest BCUT2D eigenvalue weighted by Crippen LogP contribution is -2.20. The van der Waals surface area contributed by atoms with E-state index in [9.17, 15) is 9.90 Å². The van der Waals surface area contributed by atoms with Gasteiger partial charge in [-0.1, -0.05) is 23.7 Å². The molecule has 7 heteroatoms. The van der Waals surface area contributed by atoms with Gasteiger partial charge in [0, 0.05) is 30.2 Å². The highest BCUT2D eigenvalue weighted by Gasteiger charge is 2.22. The standard InChI is InChI=1S/C14H12ClN3O2S/c1-17(8-9-3-2-4-10(15)7-9)12-11(13(19)20)18-5-6-21-14(18)16-12/h2-7H,8H2,1H3,(H,19,20). The van der Waals surface area contributed by atoms with Crippen LogP contribution in [0.15, 0.2) is 35.8 Å². The van der Waals surface area contributed by atoms with Crippen molar-refractivity contribution < 1.29 is 9.90 Å². The van der Waals surface area contributed by atoms with Crippen molar-refractivity contribution in [1.29, 1.82) is 0 Å². The lowest BCUT2D eigenvalue weighted by Gasteiger charge is -2.17. The third-order valence-corrected chi connectivity index (χ3v) is 4.11. The van der Waals surface area contributed by atoms with Crippen molar-refractivity contribution in [2.45, 2.75) is 6.54 Å². The molecule has 0 unspecified atom stereocenters. The summed E-state index contributed by atoms with van der Waals surface area (Å²) < 4.78 is 1.59. The lowest BCUT2D eigenvalue weighted by atomic mass is 10.2. The Kier molecular flexibility index (Phi) is 3.57. The molecular formula is C14H12ClN3O2S. The molecular weight excluding hydrogens is 310 g/mol. The summed E-state index contributed by atoms with van der Waals surface area (Å²) in [5.74, 6) is -0.539. The first-order valence-corrected chi connectivity index (χ1v) is 7.46. The molecule has 0 aliphatic carbocycles. The quantitative estimate of drug-likeness (QED) is 0.800. The van der Waals surface area contributed by atoms with Crippen LogP contribution in [-0.4, -0.2) is 27.5 Å². The fourth-order valence-electron chi connectivity index (χ4n) is 2.22. The number of fused-ring (bicyclic) bond motifs is 1. The molecule has 0 amide bonds. The number of carboxylic acids is 1. The molecule has 0 saturated heterocycles. The maximum atomic E-state index is 11.5. The molecule has 0 spiro atoms. The molecule has 0 aliphatic rings. The van der Waals surface area contributed by atoms with E-state index in [0.717, 1.165) is 5.56 Å². The monoisotopic (exact) mass is 321 g/mol. The average molecular weight is 322 g/mol. The van der Waals surface area contributed by atoms with Crippen molar-refractivity contribution in [3.8, 4) is 0 Å². The van der Waals surface area contributed by atoms with Crippen LogP contribution in [0, 0.1) is 0 Å². The number of nitrogens with zero attached hydrogens (tertiary/aromatic N) is 3. The minimum atomic E-state index is -0.992. The zero-order chi connectivity index (χ0) is 15.0. The SMILES string of the molecule is CN(Cc1cccc(Cl)c1)c1nc2sccn2c1C(=O)O. The Balaban J connectivity index is 1.97. The Morgan fingerprint density at radius 2 is 2.33 bits per heavy atom. The van der Waals surface area contributed by atoms with Crippen molar-refractivity contribution in [1.82, 2.24) is 9.38 Å². The van der Waals surface area contributed by atoms with E-state index in [4.69, 9.17) is 11.6 Å². The topological polar surface area (TPSA) is 57.8 Å². The molecule has 108 valence electrons. The van der Waals surface area contributed by atoms with Gasteiger partial charge < -0.3 is 10.0 Å². The molecule has 0 bridgehead atoms. The third kappa shape index (κ3) is 2.59. The highest BCUT2D eigenvalue weighted by Crippen LogP contribution is 2.25. The Labute approximate surface area is 130 Å². The largest absolute Gasteiger partial charge is 0.476 e. The van der Waals surface area contributed by atoms with Gasteiger partial charge in [-0.15, -0.1) is 11.3 Å². The summed E-state index contributed by atoms with van der Waals surface area (Å²) in [6.07, 6.45) is 1.72. The van der Waals surface area contributed by atoms with Crippen molar-refractivity contribution >= 4 is 39.7 Å². The molecule has 1 aromatic carbocycles. The zero-order valence-electron chi connectivity index (χ0n) is 11.2. The van der Waals surface area contributed by atoms with Crippen LogP contribution in [-0.2, 0) is 6.54 Å². The highest BCUT2D eigenvalue weighted by atomic mass is 35.5. The van der Waals surface area contributed by atoms with Crippen LogP contribution in [0.4, 0.5) is 5.82 Å². The van der Waals surface area contributed by atoms with Gasteiger partial charge in [0.25, 0.3) is 0 Å². The Morgan fingerprint density at radius 3 is 3.05 bits per heavy atom. The van der Waals surface area contributed by atoms with Gasteiger partial charge in [-0.05, 0) is 17.7 Å². The molecule has 0 saturated carbocycles. The highest BCUT2D eigenvalue weighted by molar-refractivity contribution is 7.15. The molecule has 3 aromatic rings. The number of benzene rings is 1. The van der Waals surface area contributed by atoms with Gasteiger partial charge in [0.1, 0.15) is 0 Å². The Morgan fingerprint density at radius 1 is 1.52 bits per heavy atom. The van der Waals surface area contributed by atoms with E-state index in [1.165, 1.54) is 11.3 Å². The molecule has 5 nitrogen and oxygen atoms in total. The predicted molar refractivity (Wildman–Crippen MR) is 83.6 cm³/mol. The summed E-state index contributed by atoms with van der Waals surface area (Å²) in [5, 5.41) is 11.9.